The quantitative estimate of drug-likeness (QED) is 0.824. The van der Waals surface area contributed by atoms with Gasteiger partial charge in [0.25, 0.3) is 0 Å². The molecule has 2 aromatic rings. The van der Waals surface area contributed by atoms with Crippen LogP contribution in [0.5, 0.6) is 0 Å². The molecule has 0 aliphatic heterocycles. The Bertz CT molecular complexity index is 672. The van der Waals surface area contributed by atoms with Gasteiger partial charge >= 0.3 is 6.18 Å². The van der Waals surface area contributed by atoms with Gasteiger partial charge in [-0.15, -0.1) is 0 Å². The average molecular weight is 280 g/mol. The maximum Gasteiger partial charge on any atom is 0.416 e. The molecule has 1 N–H and O–H groups in total. The summed E-state index contributed by atoms with van der Waals surface area (Å²) in [4.78, 5) is 0. The van der Waals surface area contributed by atoms with Gasteiger partial charge in [-0.3, -0.25) is 0 Å². The molecule has 2 nitrogen and oxygen atoms in total. The molecule has 0 aliphatic rings. The first kappa shape index (κ1) is 13.9. The molecular weight excluding hydrogens is 272 g/mol. The predicted molar refractivity (Wildman–Crippen MR) is 65.8 cm³/mol. The Kier molecular flexibility index (Phi) is 3.61. The van der Waals surface area contributed by atoms with E-state index in [9.17, 15) is 17.6 Å². The van der Waals surface area contributed by atoms with Crippen molar-refractivity contribution in [1.29, 1.82) is 5.26 Å². The monoisotopic (exact) mass is 280 g/mol. The van der Waals surface area contributed by atoms with Gasteiger partial charge in [-0.2, -0.15) is 18.4 Å². The number of rotatable bonds is 2. The fourth-order valence-electron chi connectivity index (χ4n) is 1.67. The number of benzene rings is 2. The van der Waals surface area contributed by atoms with Crippen molar-refractivity contribution < 1.29 is 17.6 Å². The van der Waals surface area contributed by atoms with E-state index in [0.717, 1.165) is 24.3 Å². The Balaban J connectivity index is 2.31. The smallest absolute Gasteiger partial charge is 0.355 e. The van der Waals surface area contributed by atoms with E-state index >= 15 is 0 Å². The van der Waals surface area contributed by atoms with Crippen LogP contribution in [0.2, 0.25) is 0 Å². The predicted octanol–water partition coefficient (Wildman–Crippen LogP) is 4.46. The van der Waals surface area contributed by atoms with Crippen LogP contribution in [0.25, 0.3) is 0 Å². The van der Waals surface area contributed by atoms with Crippen molar-refractivity contribution in [3.63, 3.8) is 0 Å². The highest BCUT2D eigenvalue weighted by molar-refractivity contribution is 5.62. The lowest BCUT2D eigenvalue weighted by Crippen LogP contribution is -2.05. The van der Waals surface area contributed by atoms with Gasteiger partial charge in [-0.25, -0.2) is 4.39 Å². The van der Waals surface area contributed by atoms with Crippen LogP contribution in [0.15, 0.2) is 42.5 Å². The van der Waals surface area contributed by atoms with E-state index in [1.807, 2.05) is 0 Å². The number of hydrogen-bond donors (Lipinski definition) is 1. The summed E-state index contributed by atoms with van der Waals surface area (Å²) in [5.41, 5.74) is -0.353. The normalized spacial score (nSPS) is 10.9. The molecule has 0 unspecified atom stereocenters. The minimum atomic E-state index is -4.45. The number of halogens is 4. The second-order valence-electron chi connectivity index (χ2n) is 4.04. The molecule has 0 amide bonds. The zero-order chi connectivity index (χ0) is 14.8. The number of anilines is 2. The van der Waals surface area contributed by atoms with Crippen molar-refractivity contribution in [2.45, 2.75) is 6.18 Å². The summed E-state index contributed by atoms with van der Waals surface area (Å²) in [5.74, 6) is -0.640. The van der Waals surface area contributed by atoms with Crippen LogP contribution in [0.1, 0.15) is 11.1 Å². The SMILES string of the molecule is N#Cc1cc(F)cc(Nc2cccc(C(F)(F)F)c2)c1. The minimum Gasteiger partial charge on any atom is -0.355 e. The van der Waals surface area contributed by atoms with E-state index in [2.05, 4.69) is 5.32 Å². The Labute approximate surface area is 112 Å². The van der Waals surface area contributed by atoms with Gasteiger partial charge in [0.15, 0.2) is 0 Å². The van der Waals surface area contributed by atoms with Crippen LogP contribution < -0.4 is 5.32 Å². The van der Waals surface area contributed by atoms with Gasteiger partial charge in [0.1, 0.15) is 5.82 Å². The fourth-order valence-corrected chi connectivity index (χ4v) is 1.67. The molecule has 0 aliphatic carbocycles. The average Bonchev–Trinajstić information content (AvgIpc) is 2.37. The Morgan fingerprint density at radius 1 is 1.00 bits per heavy atom. The molecular formula is C14H8F4N2. The molecule has 0 fully saturated rings. The molecule has 0 heterocycles. The summed E-state index contributed by atoms with van der Waals surface area (Å²) in [7, 11) is 0. The molecule has 0 spiro atoms. The Hall–Kier alpha value is -2.55. The lowest BCUT2D eigenvalue weighted by molar-refractivity contribution is -0.137. The van der Waals surface area contributed by atoms with Crippen LogP contribution in [0.3, 0.4) is 0 Å². The third-order valence-electron chi connectivity index (χ3n) is 2.51. The van der Waals surface area contributed by atoms with Gasteiger partial charge in [0.2, 0.25) is 0 Å². The maximum absolute atomic E-state index is 13.2. The van der Waals surface area contributed by atoms with E-state index in [0.29, 0.717) is 0 Å². The highest BCUT2D eigenvalue weighted by Gasteiger charge is 2.30. The molecule has 0 saturated heterocycles. The number of nitrogens with zero attached hydrogens (tertiary/aromatic N) is 1. The molecule has 2 aromatic carbocycles. The van der Waals surface area contributed by atoms with Crippen molar-refractivity contribution in [1.82, 2.24) is 0 Å². The molecule has 6 heteroatoms. The third-order valence-corrected chi connectivity index (χ3v) is 2.51. The first-order valence-electron chi connectivity index (χ1n) is 5.53. The zero-order valence-corrected chi connectivity index (χ0v) is 10.0. The van der Waals surface area contributed by atoms with Gasteiger partial charge < -0.3 is 5.32 Å². The zero-order valence-electron chi connectivity index (χ0n) is 10.0. The molecule has 0 bridgehead atoms. The van der Waals surface area contributed by atoms with Crippen molar-refractivity contribution >= 4 is 11.4 Å². The second kappa shape index (κ2) is 5.21. The van der Waals surface area contributed by atoms with E-state index < -0.39 is 17.6 Å². The van der Waals surface area contributed by atoms with Gasteiger partial charge in [-0.1, -0.05) is 6.07 Å². The van der Waals surface area contributed by atoms with Crippen molar-refractivity contribution in [2.24, 2.45) is 0 Å². The molecule has 0 atom stereocenters. The van der Waals surface area contributed by atoms with Gasteiger partial charge in [-0.05, 0) is 36.4 Å². The Morgan fingerprint density at radius 2 is 1.75 bits per heavy atom. The topological polar surface area (TPSA) is 35.8 Å². The second-order valence-corrected chi connectivity index (χ2v) is 4.04. The van der Waals surface area contributed by atoms with Crippen molar-refractivity contribution in [3.8, 4) is 6.07 Å². The maximum atomic E-state index is 13.2. The van der Waals surface area contributed by atoms with Crippen LogP contribution in [0.4, 0.5) is 28.9 Å². The summed E-state index contributed by atoms with van der Waals surface area (Å²) in [6, 6.07) is 9.78. The minimum absolute atomic E-state index is 0.0828. The molecule has 20 heavy (non-hydrogen) atoms. The lowest BCUT2D eigenvalue weighted by atomic mass is 10.1. The first-order valence-corrected chi connectivity index (χ1v) is 5.53. The summed E-state index contributed by atoms with van der Waals surface area (Å²) < 4.78 is 50.9. The number of hydrogen-bond acceptors (Lipinski definition) is 2. The van der Waals surface area contributed by atoms with Gasteiger partial charge in [0.05, 0.1) is 17.2 Å². The highest BCUT2D eigenvalue weighted by atomic mass is 19.4. The van der Waals surface area contributed by atoms with Crippen molar-refractivity contribution in [2.75, 3.05) is 5.32 Å². The summed E-state index contributed by atoms with van der Waals surface area (Å²) in [5, 5.41) is 11.4. The van der Waals surface area contributed by atoms with E-state index in [4.69, 9.17) is 5.26 Å². The van der Waals surface area contributed by atoms with Gasteiger partial charge in [0, 0.05) is 11.4 Å². The van der Waals surface area contributed by atoms with Crippen LogP contribution in [-0.4, -0.2) is 0 Å². The molecule has 0 aromatic heterocycles. The molecule has 0 radical (unpaired) electrons. The largest absolute Gasteiger partial charge is 0.416 e. The number of alkyl halides is 3. The highest BCUT2D eigenvalue weighted by Crippen LogP contribution is 2.31. The lowest BCUT2D eigenvalue weighted by Gasteiger charge is -2.11. The molecule has 2 rings (SSSR count). The summed E-state index contributed by atoms with van der Waals surface area (Å²) in [6.45, 7) is 0. The van der Waals surface area contributed by atoms with E-state index in [-0.39, 0.29) is 16.9 Å². The molecule has 0 saturated carbocycles. The van der Waals surface area contributed by atoms with E-state index in [1.165, 1.54) is 18.2 Å². The third kappa shape index (κ3) is 3.26. The van der Waals surface area contributed by atoms with E-state index in [1.54, 1.807) is 6.07 Å². The first-order chi connectivity index (χ1) is 9.38. The Morgan fingerprint density at radius 3 is 2.40 bits per heavy atom. The number of nitrogens with one attached hydrogen (secondary N) is 1. The van der Waals surface area contributed by atoms with Crippen LogP contribution >= 0.6 is 0 Å². The standard InChI is InChI=1S/C14H8F4N2/c15-11-4-9(8-19)5-13(7-11)20-12-3-1-2-10(6-12)14(16,17)18/h1-7,20H. The van der Waals surface area contributed by atoms with Crippen molar-refractivity contribution in [3.05, 3.63) is 59.4 Å². The summed E-state index contributed by atoms with van der Waals surface area (Å²) >= 11 is 0. The van der Waals surface area contributed by atoms with Crippen LogP contribution in [0, 0.1) is 17.1 Å². The molecule has 102 valence electrons. The van der Waals surface area contributed by atoms with Crippen LogP contribution in [-0.2, 0) is 6.18 Å². The number of nitriles is 1. The summed E-state index contributed by atoms with van der Waals surface area (Å²) in [6.07, 6.45) is -4.45. The fraction of sp³-hybridized carbons (Fsp3) is 0.0714.